The van der Waals surface area contributed by atoms with Crippen molar-refractivity contribution in [1.82, 2.24) is 5.32 Å². The summed E-state index contributed by atoms with van der Waals surface area (Å²) in [4.78, 5) is 0. The lowest BCUT2D eigenvalue weighted by molar-refractivity contribution is 0.452. The van der Waals surface area contributed by atoms with Gasteiger partial charge in [-0.1, -0.05) is 17.7 Å². The van der Waals surface area contributed by atoms with Crippen LogP contribution in [0, 0.1) is 0 Å². The van der Waals surface area contributed by atoms with Crippen LogP contribution in [-0.2, 0) is 6.42 Å². The zero-order chi connectivity index (χ0) is 9.42. The van der Waals surface area contributed by atoms with Crippen LogP contribution in [0.25, 0.3) is 0 Å². The van der Waals surface area contributed by atoms with Crippen LogP contribution in [-0.4, -0.2) is 11.7 Å². The predicted octanol–water partition coefficient (Wildman–Crippen LogP) is 2.25. The van der Waals surface area contributed by atoms with Gasteiger partial charge in [0, 0.05) is 11.6 Å². The molecule has 1 aromatic carbocycles. The lowest BCUT2D eigenvalue weighted by Crippen LogP contribution is -2.27. The van der Waals surface area contributed by atoms with Gasteiger partial charge in [-0.2, -0.15) is 0 Å². The third-order valence-corrected chi connectivity index (χ3v) is 2.87. The van der Waals surface area contributed by atoms with E-state index in [1.54, 1.807) is 6.07 Å². The molecule has 0 fully saturated rings. The Kier molecular flexibility index (Phi) is 2.18. The van der Waals surface area contributed by atoms with E-state index in [1.807, 2.05) is 6.07 Å². The van der Waals surface area contributed by atoms with E-state index in [4.69, 9.17) is 11.6 Å². The summed E-state index contributed by atoms with van der Waals surface area (Å²) in [7, 11) is 0. The second-order valence-corrected chi connectivity index (χ2v) is 3.80. The molecular weight excluding hydrogens is 186 g/mol. The van der Waals surface area contributed by atoms with Crippen molar-refractivity contribution in [3.05, 3.63) is 28.3 Å². The zero-order valence-corrected chi connectivity index (χ0v) is 8.23. The molecule has 0 bridgehead atoms. The molecule has 0 saturated carbocycles. The fraction of sp³-hybridized carbons (Fsp3) is 0.400. The highest BCUT2D eigenvalue weighted by atomic mass is 35.5. The second kappa shape index (κ2) is 3.20. The molecule has 3 heteroatoms. The third kappa shape index (κ3) is 1.40. The molecule has 0 spiro atoms. The monoisotopic (exact) mass is 197 g/mol. The topological polar surface area (TPSA) is 32.3 Å². The van der Waals surface area contributed by atoms with Crippen LogP contribution < -0.4 is 5.32 Å². The van der Waals surface area contributed by atoms with Crippen LogP contribution in [0.15, 0.2) is 12.1 Å². The Balaban J connectivity index is 2.56. The maximum Gasteiger partial charge on any atom is 0.137 e. The van der Waals surface area contributed by atoms with Crippen molar-refractivity contribution in [2.75, 3.05) is 6.54 Å². The first-order chi connectivity index (χ1) is 6.20. The van der Waals surface area contributed by atoms with Crippen molar-refractivity contribution in [2.45, 2.75) is 19.4 Å². The molecule has 1 heterocycles. The highest BCUT2D eigenvalue weighted by Crippen LogP contribution is 2.34. The first-order valence-corrected chi connectivity index (χ1v) is 4.81. The predicted molar refractivity (Wildman–Crippen MR) is 53.2 cm³/mol. The molecular formula is C10H12ClNO. The van der Waals surface area contributed by atoms with Crippen molar-refractivity contribution < 1.29 is 5.11 Å². The summed E-state index contributed by atoms with van der Waals surface area (Å²) in [5.74, 6) is 0.257. The summed E-state index contributed by atoms with van der Waals surface area (Å²) in [6, 6.07) is 4.04. The number of phenolic OH excluding ortho intramolecular Hbond substituents is 1. The normalized spacial score (nSPS) is 21.2. The molecule has 2 rings (SSSR count). The minimum Gasteiger partial charge on any atom is -0.506 e. The lowest BCUT2D eigenvalue weighted by atomic mass is 9.94. The van der Waals surface area contributed by atoms with Gasteiger partial charge in [0.05, 0.1) is 5.02 Å². The molecule has 1 atom stereocenters. The number of benzene rings is 1. The van der Waals surface area contributed by atoms with E-state index < -0.39 is 0 Å². The van der Waals surface area contributed by atoms with E-state index in [9.17, 15) is 5.11 Å². The van der Waals surface area contributed by atoms with E-state index in [-0.39, 0.29) is 5.75 Å². The molecule has 0 amide bonds. The van der Waals surface area contributed by atoms with Crippen LogP contribution in [0.3, 0.4) is 0 Å². The molecule has 2 nitrogen and oxygen atoms in total. The summed E-state index contributed by atoms with van der Waals surface area (Å²) < 4.78 is 0. The van der Waals surface area contributed by atoms with Gasteiger partial charge in [0.2, 0.25) is 0 Å². The van der Waals surface area contributed by atoms with E-state index in [2.05, 4.69) is 12.2 Å². The van der Waals surface area contributed by atoms with Gasteiger partial charge in [0.15, 0.2) is 0 Å². The van der Waals surface area contributed by atoms with Crippen molar-refractivity contribution in [1.29, 1.82) is 0 Å². The minimum atomic E-state index is 0.257. The summed E-state index contributed by atoms with van der Waals surface area (Å²) in [6.07, 6.45) is 0.853. The van der Waals surface area contributed by atoms with Crippen molar-refractivity contribution in [3.63, 3.8) is 0 Å². The standard InChI is InChI=1S/C10H12ClNO/c1-6-7-2-3-9(11)10(13)8(7)4-5-12-6/h2-3,6,12-13H,4-5H2,1H3. The smallest absolute Gasteiger partial charge is 0.137 e. The number of phenols is 1. The number of aromatic hydroxyl groups is 1. The van der Waals surface area contributed by atoms with Crippen molar-refractivity contribution in [2.24, 2.45) is 0 Å². The molecule has 0 radical (unpaired) electrons. The summed E-state index contributed by atoms with van der Waals surface area (Å²) >= 11 is 5.82. The summed E-state index contributed by atoms with van der Waals surface area (Å²) in [5, 5.41) is 13.5. The molecule has 70 valence electrons. The number of nitrogens with one attached hydrogen (secondary N) is 1. The fourth-order valence-electron chi connectivity index (χ4n) is 1.82. The number of fused-ring (bicyclic) bond motifs is 1. The quantitative estimate of drug-likeness (QED) is 0.669. The number of hydrogen-bond acceptors (Lipinski definition) is 2. The van der Waals surface area contributed by atoms with Gasteiger partial charge in [-0.3, -0.25) is 0 Å². The van der Waals surface area contributed by atoms with E-state index in [0.29, 0.717) is 11.1 Å². The van der Waals surface area contributed by atoms with Gasteiger partial charge in [-0.25, -0.2) is 0 Å². The molecule has 0 saturated heterocycles. The fourth-order valence-corrected chi connectivity index (χ4v) is 1.99. The van der Waals surface area contributed by atoms with Gasteiger partial charge in [-0.05, 0) is 31.5 Å². The average molecular weight is 198 g/mol. The largest absolute Gasteiger partial charge is 0.506 e. The average Bonchev–Trinajstić information content (AvgIpc) is 2.12. The number of hydrogen-bond donors (Lipinski definition) is 2. The summed E-state index contributed by atoms with van der Waals surface area (Å²) in [6.45, 7) is 2.99. The lowest BCUT2D eigenvalue weighted by Gasteiger charge is -2.24. The first-order valence-electron chi connectivity index (χ1n) is 4.44. The minimum absolute atomic E-state index is 0.257. The zero-order valence-electron chi connectivity index (χ0n) is 7.47. The van der Waals surface area contributed by atoms with Crippen LogP contribution in [0.5, 0.6) is 5.75 Å². The molecule has 0 aliphatic carbocycles. The SMILES string of the molecule is CC1NCCc2c1ccc(Cl)c2O. The van der Waals surface area contributed by atoms with E-state index in [1.165, 1.54) is 0 Å². The second-order valence-electron chi connectivity index (χ2n) is 3.39. The first kappa shape index (κ1) is 8.85. The maximum absolute atomic E-state index is 9.70. The van der Waals surface area contributed by atoms with Gasteiger partial charge in [-0.15, -0.1) is 0 Å². The molecule has 2 N–H and O–H groups in total. The Hall–Kier alpha value is -0.730. The Morgan fingerprint density at radius 3 is 3.08 bits per heavy atom. The third-order valence-electron chi connectivity index (χ3n) is 2.56. The molecule has 1 aliphatic heterocycles. The van der Waals surface area contributed by atoms with Crippen LogP contribution in [0.4, 0.5) is 0 Å². The van der Waals surface area contributed by atoms with Crippen molar-refractivity contribution in [3.8, 4) is 5.75 Å². The highest BCUT2D eigenvalue weighted by Gasteiger charge is 2.19. The Morgan fingerprint density at radius 2 is 2.31 bits per heavy atom. The van der Waals surface area contributed by atoms with Gasteiger partial charge in [0.25, 0.3) is 0 Å². The summed E-state index contributed by atoms with van der Waals surface area (Å²) in [5.41, 5.74) is 2.16. The Morgan fingerprint density at radius 1 is 1.54 bits per heavy atom. The molecule has 0 aromatic heterocycles. The maximum atomic E-state index is 9.70. The number of halogens is 1. The van der Waals surface area contributed by atoms with Gasteiger partial charge in [0.1, 0.15) is 5.75 Å². The van der Waals surface area contributed by atoms with Crippen LogP contribution in [0.2, 0.25) is 5.02 Å². The van der Waals surface area contributed by atoms with Crippen LogP contribution >= 0.6 is 11.6 Å². The molecule has 13 heavy (non-hydrogen) atoms. The highest BCUT2D eigenvalue weighted by molar-refractivity contribution is 6.32. The van der Waals surface area contributed by atoms with E-state index >= 15 is 0 Å². The molecule has 1 aliphatic rings. The Labute approximate surface area is 82.5 Å². The van der Waals surface area contributed by atoms with Crippen LogP contribution in [0.1, 0.15) is 24.1 Å². The van der Waals surface area contributed by atoms with Gasteiger partial charge >= 0.3 is 0 Å². The van der Waals surface area contributed by atoms with E-state index in [0.717, 1.165) is 24.1 Å². The molecule has 1 unspecified atom stereocenters. The van der Waals surface area contributed by atoms with Crippen molar-refractivity contribution >= 4 is 11.6 Å². The number of rotatable bonds is 0. The Bertz CT molecular complexity index is 338. The molecule has 1 aromatic rings. The van der Waals surface area contributed by atoms with Gasteiger partial charge < -0.3 is 10.4 Å².